The van der Waals surface area contributed by atoms with Crippen molar-refractivity contribution in [1.82, 2.24) is 24.7 Å². The molecule has 36 heavy (non-hydrogen) atoms. The Hall–Kier alpha value is -4.66. The highest BCUT2D eigenvalue weighted by Gasteiger charge is 2.27. The Kier molecular flexibility index (Phi) is 5.18. The van der Waals surface area contributed by atoms with Crippen molar-refractivity contribution in [3.05, 3.63) is 77.5 Å². The van der Waals surface area contributed by atoms with Crippen LogP contribution in [-0.2, 0) is 0 Å². The van der Waals surface area contributed by atoms with Crippen LogP contribution < -0.4 is 11.5 Å². The molecule has 3 aromatic heterocycles. The van der Waals surface area contributed by atoms with Crippen LogP contribution in [0.2, 0.25) is 0 Å². The van der Waals surface area contributed by atoms with E-state index in [2.05, 4.69) is 25.0 Å². The summed E-state index contributed by atoms with van der Waals surface area (Å²) < 4.78 is 1.58. The normalized spacial score (nSPS) is 14.4. The highest BCUT2D eigenvalue weighted by atomic mass is 16.1. The van der Waals surface area contributed by atoms with Crippen LogP contribution in [0.1, 0.15) is 53.1 Å². The number of aliphatic imine (C=N–C) groups is 1. The molecule has 0 amide bonds. The van der Waals surface area contributed by atoms with Crippen LogP contribution in [0.4, 0.5) is 5.82 Å². The third-order valence-electron chi connectivity index (χ3n) is 6.54. The lowest BCUT2D eigenvalue weighted by atomic mass is 10.1. The number of aromatic amines is 2. The molecule has 1 fully saturated rings. The number of fused-ring (bicyclic) bond motifs is 2. The van der Waals surface area contributed by atoms with Gasteiger partial charge >= 0.3 is 0 Å². The Morgan fingerprint density at radius 3 is 2.81 bits per heavy atom. The largest absolute Gasteiger partial charge is 0.404 e. The van der Waals surface area contributed by atoms with E-state index in [4.69, 9.17) is 11.5 Å². The average Bonchev–Trinajstić information content (AvgIpc) is 3.33. The SMILES string of the molecule is CCN=CC(=CN)c1ccc2cc(C(=O)c3cnn(-c4ccc5nc(C6CC6)[nH]c5c4)c3N)[nH]c2c1. The first-order valence-electron chi connectivity index (χ1n) is 12.0. The summed E-state index contributed by atoms with van der Waals surface area (Å²) in [5.41, 5.74) is 18.1. The third kappa shape index (κ3) is 3.74. The monoisotopic (exact) mass is 478 g/mol. The number of hydrogen-bond acceptors (Lipinski definition) is 6. The zero-order valence-electron chi connectivity index (χ0n) is 19.8. The topological polar surface area (TPSA) is 144 Å². The Morgan fingerprint density at radius 2 is 2.03 bits per heavy atom. The number of rotatable bonds is 7. The maximum absolute atomic E-state index is 13.4. The second-order valence-electron chi connectivity index (χ2n) is 9.02. The molecule has 6 rings (SSSR count). The number of ketones is 1. The number of benzene rings is 2. The molecule has 0 aliphatic heterocycles. The summed E-state index contributed by atoms with van der Waals surface area (Å²) in [5.74, 6) is 1.62. The van der Waals surface area contributed by atoms with E-state index >= 15 is 0 Å². The van der Waals surface area contributed by atoms with E-state index in [-0.39, 0.29) is 11.6 Å². The van der Waals surface area contributed by atoms with Crippen molar-refractivity contribution in [2.45, 2.75) is 25.7 Å². The fraction of sp³-hybridized carbons (Fsp3) is 0.185. The number of nitrogens with one attached hydrogen (secondary N) is 2. The molecule has 5 aromatic rings. The lowest BCUT2D eigenvalue weighted by molar-refractivity contribution is 0.103. The van der Waals surface area contributed by atoms with Crippen molar-refractivity contribution >= 4 is 45.3 Å². The quantitative estimate of drug-likeness (QED) is 0.203. The highest BCUT2D eigenvalue weighted by molar-refractivity contribution is 6.13. The standard InChI is InChI=1S/C27H26N8O/c1-2-30-13-18(12-28)16-5-6-17-10-24(32-22(17)9-16)25(36)20-14-31-35(26(20)29)19-7-8-21-23(11-19)34-27(33-21)15-3-4-15/h5-15,32H,2-4,28-29H2,1H3,(H,33,34). The van der Waals surface area contributed by atoms with Gasteiger partial charge in [0.05, 0.1) is 34.2 Å². The summed E-state index contributed by atoms with van der Waals surface area (Å²) in [5, 5.41) is 5.32. The smallest absolute Gasteiger partial charge is 0.214 e. The van der Waals surface area contributed by atoms with E-state index in [9.17, 15) is 4.79 Å². The second-order valence-corrected chi connectivity index (χ2v) is 9.02. The van der Waals surface area contributed by atoms with Crippen LogP contribution in [0.15, 0.2) is 59.9 Å². The number of H-pyrrole nitrogens is 2. The minimum Gasteiger partial charge on any atom is -0.404 e. The van der Waals surface area contributed by atoms with Crippen LogP contribution in [-0.4, -0.2) is 43.3 Å². The van der Waals surface area contributed by atoms with Gasteiger partial charge in [0.15, 0.2) is 0 Å². The van der Waals surface area contributed by atoms with E-state index in [0.29, 0.717) is 23.7 Å². The van der Waals surface area contributed by atoms with E-state index in [0.717, 1.165) is 44.6 Å². The van der Waals surface area contributed by atoms with Gasteiger partial charge in [-0.3, -0.25) is 9.79 Å². The van der Waals surface area contributed by atoms with Gasteiger partial charge in [-0.2, -0.15) is 5.10 Å². The van der Waals surface area contributed by atoms with Crippen molar-refractivity contribution < 1.29 is 4.79 Å². The molecular weight excluding hydrogens is 452 g/mol. The molecule has 6 N–H and O–H groups in total. The van der Waals surface area contributed by atoms with E-state index in [1.165, 1.54) is 25.2 Å². The van der Waals surface area contributed by atoms with Crippen LogP contribution >= 0.6 is 0 Å². The van der Waals surface area contributed by atoms with Gasteiger partial charge in [-0.15, -0.1) is 0 Å². The predicted molar refractivity (Wildman–Crippen MR) is 143 cm³/mol. The molecule has 0 unspecified atom stereocenters. The van der Waals surface area contributed by atoms with Gasteiger partial charge in [-0.1, -0.05) is 12.1 Å². The van der Waals surface area contributed by atoms with Gasteiger partial charge in [0, 0.05) is 41.4 Å². The molecule has 0 saturated heterocycles. The van der Waals surface area contributed by atoms with Crippen molar-refractivity contribution in [2.75, 3.05) is 12.3 Å². The summed E-state index contributed by atoms with van der Waals surface area (Å²) in [6.45, 7) is 2.64. The van der Waals surface area contributed by atoms with Crippen LogP contribution in [0.5, 0.6) is 0 Å². The number of nitrogen functional groups attached to an aromatic ring is 1. The number of nitrogens with two attached hydrogens (primary N) is 2. The average molecular weight is 479 g/mol. The van der Waals surface area contributed by atoms with Crippen LogP contribution in [0.3, 0.4) is 0 Å². The number of nitrogens with zero attached hydrogens (tertiary/aromatic N) is 4. The van der Waals surface area contributed by atoms with Gasteiger partial charge in [-0.25, -0.2) is 9.67 Å². The molecule has 2 aromatic carbocycles. The van der Waals surface area contributed by atoms with Crippen molar-refractivity contribution in [3.8, 4) is 5.69 Å². The van der Waals surface area contributed by atoms with E-state index in [1.807, 2.05) is 49.4 Å². The van der Waals surface area contributed by atoms with Crippen LogP contribution in [0, 0.1) is 0 Å². The lowest BCUT2D eigenvalue weighted by Crippen LogP contribution is -2.07. The van der Waals surface area contributed by atoms with Gasteiger partial charge in [-0.05, 0) is 55.7 Å². The first-order valence-corrected chi connectivity index (χ1v) is 12.0. The zero-order chi connectivity index (χ0) is 24.8. The first kappa shape index (κ1) is 21.8. The Morgan fingerprint density at radius 1 is 1.17 bits per heavy atom. The number of aromatic nitrogens is 5. The molecular formula is C27H26N8O. The zero-order valence-corrected chi connectivity index (χ0v) is 19.8. The summed E-state index contributed by atoms with van der Waals surface area (Å²) >= 11 is 0. The number of hydrogen-bond donors (Lipinski definition) is 4. The number of allylic oxidation sites excluding steroid dienone is 1. The van der Waals surface area contributed by atoms with Crippen molar-refractivity contribution in [1.29, 1.82) is 0 Å². The minimum absolute atomic E-state index is 0.225. The summed E-state index contributed by atoms with van der Waals surface area (Å²) in [6.07, 6.45) is 7.14. The highest BCUT2D eigenvalue weighted by Crippen LogP contribution is 2.39. The maximum atomic E-state index is 13.4. The number of carbonyl (C=O) groups excluding carboxylic acids is 1. The summed E-state index contributed by atoms with van der Waals surface area (Å²) in [4.78, 5) is 28.9. The molecule has 0 spiro atoms. The van der Waals surface area contributed by atoms with Gasteiger partial charge in [0.1, 0.15) is 11.6 Å². The van der Waals surface area contributed by atoms with E-state index in [1.54, 1.807) is 10.9 Å². The first-order chi connectivity index (χ1) is 17.6. The molecule has 180 valence electrons. The number of imidazole rings is 1. The van der Waals surface area contributed by atoms with Gasteiger partial charge < -0.3 is 21.4 Å². The molecule has 0 atom stereocenters. The maximum Gasteiger partial charge on any atom is 0.214 e. The predicted octanol–water partition coefficient (Wildman–Crippen LogP) is 4.31. The molecule has 1 saturated carbocycles. The lowest BCUT2D eigenvalue weighted by Gasteiger charge is -2.05. The molecule has 9 nitrogen and oxygen atoms in total. The van der Waals surface area contributed by atoms with E-state index < -0.39 is 0 Å². The summed E-state index contributed by atoms with van der Waals surface area (Å²) in [7, 11) is 0. The Balaban J connectivity index is 1.31. The molecule has 3 heterocycles. The minimum atomic E-state index is -0.225. The second kappa shape index (κ2) is 8.53. The van der Waals surface area contributed by atoms with Crippen molar-refractivity contribution in [3.63, 3.8) is 0 Å². The number of carbonyl (C=O) groups is 1. The number of anilines is 1. The third-order valence-corrected chi connectivity index (χ3v) is 6.54. The van der Waals surface area contributed by atoms with Gasteiger partial charge in [0.2, 0.25) is 5.78 Å². The van der Waals surface area contributed by atoms with Gasteiger partial charge in [0.25, 0.3) is 0 Å². The molecule has 1 aliphatic rings. The van der Waals surface area contributed by atoms with Crippen molar-refractivity contribution in [2.24, 2.45) is 10.7 Å². The van der Waals surface area contributed by atoms with Crippen LogP contribution in [0.25, 0.3) is 33.2 Å². The Bertz CT molecular complexity index is 1680. The fourth-order valence-electron chi connectivity index (χ4n) is 4.42. The Labute approximate surface area is 206 Å². The fourth-order valence-corrected chi connectivity index (χ4v) is 4.42. The molecule has 0 radical (unpaired) electrons. The summed E-state index contributed by atoms with van der Waals surface area (Å²) in [6, 6.07) is 13.5. The molecule has 1 aliphatic carbocycles. The molecule has 9 heteroatoms. The molecule has 0 bridgehead atoms.